The van der Waals surface area contributed by atoms with Crippen molar-refractivity contribution in [3.05, 3.63) is 11.6 Å². The van der Waals surface area contributed by atoms with Crippen LogP contribution >= 0.6 is 0 Å². The summed E-state index contributed by atoms with van der Waals surface area (Å²) < 4.78 is 0. The largest absolute Gasteiger partial charge is 0.317 e. The van der Waals surface area contributed by atoms with Crippen molar-refractivity contribution in [2.24, 2.45) is 45.4 Å². The van der Waals surface area contributed by atoms with Crippen LogP contribution in [0.5, 0.6) is 0 Å². The Kier molecular flexibility index (Phi) is 6.32. The normalized spacial score (nSPS) is 44.7. The van der Waals surface area contributed by atoms with Crippen molar-refractivity contribution in [3.63, 3.8) is 0 Å². The van der Waals surface area contributed by atoms with Gasteiger partial charge in [0.2, 0.25) is 0 Å². The molecule has 4 rings (SSSR count). The summed E-state index contributed by atoms with van der Waals surface area (Å²) in [5, 5.41) is 3.43. The monoisotopic (exact) mass is 398 g/mol. The van der Waals surface area contributed by atoms with Crippen LogP contribution in [0.25, 0.3) is 0 Å². The quantitative estimate of drug-likeness (QED) is 0.302. The Bertz CT molecular complexity index is 649. The van der Waals surface area contributed by atoms with E-state index in [2.05, 4.69) is 46.0 Å². The van der Waals surface area contributed by atoms with Gasteiger partial charge in [-0.1, -0.05) is 39.3 Å². The zero-order valence-corrected chi connectivity index (χ0v) is 19.9. The maximum Gasteiger partial charge on any atom is 0.0400 e. The number of fused-ring (bicyclic) bond motifs is 5. The summed E-state index contributed by atoms with van der Waals surface area (Å²) in [6, 6.07) is 0. The molecular formula is C27H46N2. The van der Waals surface area contributed by atoms with Crippen molar-refractivity contribution in [2.45, 2.75) is 92.4 Å². The molecule has 7 atom stereocenters. The zero-order chi connectivity index (χ0) is 20.6. The first-order chi connectivity index (χ1) is 13.9. The van der Waals surface area contributed by atoms with E-state index in [4.69, 9.17) is 4.99 Å². The second-order valence-electron chi connectivity index (χ2n) is 11.5. The molecule has 0 heterocycles. The second-order valence-corrected chi connectivity index (χ2v) is 11.5. The van der Waals surface area contributed by atoms with Gasteiger partial charge in [0.05, 0.1) is 0 Å². The number of aliphatic imine (C=N–C) groups is 1. The maximum atomic E-state index is 5.07. The summed E-state index contributed by atoms with van der Waals surface area (Å²) in [5.74, 6) is 4.44. The minimum absolute atomic E-state index is 0.500. The van der Waals surface area contributed by atoms with Crippen molar-refractivity contribution in [1.82, 2.24) is 5.32 Å². The fourth-order valence-corrected chi connectivity index (χ4v) is 8.28. The molecule has 0 spiro atoms. The van der Waals surface area contributed by atoms with Gasteiger partial charge in [0.15, 0.2) is 0 Å². The minimum atomic E-state index is 0.500. The van der Waals surface area contributed by atoms with Crippen molar-refractivity contribution < 1.29 is 0 Å². The van der Waals surface area contributed by atoms with E-state index in [1.54, 1.807) is 0 Å². The molecule has 4 aliphatic rings. The summed E-state index contributed by atoms with van der Waals surface area (Å²) in [6.07, 6.45) is 15.3. The van der Waals surface area contributed by atoms with Gasteiger partial charge in [-0.15, -0.1) is 0 Å². The van der Waals surface area contributed by atoms with Crippen LogP contribution in [0.4, 0.5) is 0 Å². The number of allylic oxidation sites excluding steroid dienone is 2. The van der Waals surface area contributed by atoms with Crippen LogP contribution in [0.2, 0.25) is 0 Å². The van der Waals surface area contributed by atoms with E-state index >= 15 is 0 Å². The summed E-state index contributed by atoms with van der Waals surface area (Å²) in [4.78, 5) is 5.07. The van der Waals surface area contributed by atoms with E-state index in [0.717, 1.165) is 49.2 Å². The molecule has 0 aliphatic heterocycles. The molecule has 0 bridgehead atoms. The van der Waals surface area contributed by atoms with E-state index in [-0.39, 0.29) is 0 Å². The standard InChI is InChI=1S/C27H46N2/c1-6-28-16-7-17-29-20(3)23-10-11-24-22-9-8-21-18-19(2)12-14-26(21,4)25(22)13-15-27(23,24)5/h8,19,22-25,28H,6-7,9-18H2,1-5H3. The summed E-state index contributed by atoms with van der Waals surface area (Å²) >= 11 is 0. The van der Waals surface area contributed by atoms with Gasteiger partial charge < -0.3 is 5.32 Å². The first-order valence-electron chi connectivity index (χ1n) is 12.8. The summed E-state index contributed by atoms with van der Waals surface area (Å²) in [7, 11) is 0. The van der Waals surface area contributed by atoms with Gasteiger partial charge in [-0.25, -0.2) is 0 Å². The lowest BCUT2D eigenvalue weighted by Crippen LogP contribution is -2.50. The van der Waals surface area contributed by atoms with Crippen molar-refractivity contribution >= 4 is 5.71 Å². The molecule has 0 aromatic rings. The van der Waals surface area contributed by atoms with Crippen LogP contribution in [0, 0.1) is 40.4 Å². The minimum Gasteiger partial charge on any atom is -0.317 e. The molecule has 2 heteroatoms. The third-order valence-corrected chi connectivity index (χ3v) is 9.98. The molecule has 29 heavy (non-hydrogen) atoms. The van der Waals surface area contributed by atoms with E-state index in [1.807, 2.05) is 5.57 Å². The highest BCUT2D eigenvalue weighted by Gasteiger charge is 2.58. The molecule has 1 N–H and O–H groups in total. The first-order valence-corrected chi connectivity index (χ1v) is 12.8. The van der Waals surface area contributed by atoms with E-state index < -0.39 is 0 Å². The average Bonchev–Trinajstić information content (AvgIpc) is 3.05. The van der Waals surface area contributed by atoms with Gasteiger partial charge in [0, 0.05) is 18.2 Å². The topological polar surface area (TPSA) is 24.4 Å². The molecule has 7 unspecified atom stereocenters. The lowest BCUT2D eigenvalue weighted by molar-refractivity contribution is -0.0353. The highest BCUT2D eigenvalue weighted by molar-refractivity contribution is 5.85. The highest BCUT2D eigenvalue weighted by atomic mass is 14.8. The lowest BCUT2D eigenvalue weighted by Gasteiger charge is -2.58. The van der Waals surface area contributed by atoms with Crippen LogP contribution in [0.1, 0.15) is 92.4 Å². The number of rotatable bonds is 6. The van der Waals surface area contributed by atoms with Crippen molar-refractivity contribution in [3.8, 4) is 0 Å². The van der Waals surface area contributed by atoms with Crippen LogP contribution in [0.3, 0.4) is 0 Å². The van der Waals surface area contributed by atoms with Crippen LogP contribution < -0.4 is 5.32 Å². The van der Waals surface area contributed by atoms with Gasteiger partial charge in [0.1, 0.15) is 0 Å². The molecule has 0 saturated heterocycles. The van der Waals surface area contributed by atoms with E-state index in [0.29, 0.717) is 10.8 Å². The predicted molar refractivity (Wildman–Crippen MR) is 125 cm³/mol. The van der Waals surface area contributed by atoms with Crippen molar-refractivity contribution in [2.75, 3.05) is 19.6 Å². The third kappa shape index (κ3) is 3.77. The number of hydrogen-bond acceptors (Lipinski definition) is 2. The molecule has 0 aromatic heterocycles. The van der Waals surface area contributed by atoms with Gasteiger partial charge in [-0.3, -0.25) is 4.99 Å². The number of hydrogen-bond donors (Lipinski definition) is 1. The van der Waals surface area contributed by atoms with E-state index in [1.165, 1.54) is 63.5 Å². The van der Waals surface area contributed by atoms with E-state index in [9.17, 15) is 0 Å². The summed E-state index contributed by atoms with van der Waals surface area (Å²) in [6.45, 7) is 15.5. The fraction of sp³-hybridized carbons (Fsp3) is 0.889. The second kappa shape index (κ2) is 8.48. The summed E-state index contributed by atoms with van der Waals surface area (Å²) in [5.41, 5.74) is 4.33. The van der Waals surface area contributed by atoms with Crippen LogP contribution in [-0.4, -0.2) is 25.3 Å². The average molecular weight is 399 g/mol. The molecule has 3 saturated carbocycles. The molecule has 0 amide bonds. The molecule has 4 aliphatic carbocycles. The Hall–Kier alpha value is -0.630. The number of nitrogens with one attached hydrogen (secondary N) is 1. The van der Waals surface area contributed by atoms with Gasteiger partial charge in [-0.2, -0.15) is 0 Å². The number of nitrogens with zero attached hydrogens (tertiary/aromatic N) is 1. The molecule has 2 nitrogen and oxygen atoms in total. The predicted octanol–water partition coefficient (Wildman–Crippen LogP) is 6.66. The van der Waals surface area contributed by atoms with Gasteiger partial charge >= 0.3 is 0 Å². The van der Waals surface area contributed by atoms with Gasteiger partial charge in [0.25, 0.3) is 0 Å². The molecule has 0 radical (unpaired) electrons. The lowest BCUT2D eigenvalue weighted by atomic mass is 9.47. The molecule has 164 valence electrons. The Morgan fingerprint density at radius 1 is 1.14 bits per heavy atom. The Morgan fingerprint density at radius 2 is 1.97 bits per heavy atom. The molecule has 0 aromatic carbocycles. The van der Waals surface area contributed by atoms with Gasteiger partial charge in [-0.05, 0) is 112 Å². The smallest absolute Gasteiger partial charge is 0.0400 e. The third-order valence-electron chi connectivity index (χ3n) is 9.98. The maximum absolute atomic E-state index is 5.07. The first kappa shape index (κ1) is 21.6. The Labute approximate surface area is 180 Å². The highest BCUT2D eigenvalue weighted by Crippen LogP contribution is 2.66. The Balaban J connectivity index is 1.48. The Morgan fingerprint density at radius 3 is 2.76 bits per heavy atom. The molecular weight excluding hydrogens is 352 g/mol. The fourth-order valence-electron chi connectivity index (χ4n) is 8.28. The SMILES string of the molecule is CCNCCCN=C(C)C1CCC2C3CC=C4CC(C)CCC4(C)C3CCC12C. The van der Waals surface area contributed by atoms with Crippen molar-refractivity contribution in [1.29, 1.82) is 0 Å². The molecule has 3 fully saturated rings. The van der Waals surface area contributed by atoms with Crippen LogP contribution in [0.15, 0.2) is 16.6 Å². The zero-order valence-electron chi connectivity index (χ0n) is 19.9. The van der Waals surface area contributed by atoms with Crippen LogP contribution in [-0.2, 0) is 0 Å².